The Morgan fingerprint density at radius 3 is 2.73 bits per heavy atom. The summed E-state index contributed by atoms with van der Waals surface area (Å²) < 4.78 is 23.0. The number of aromatic nitrogens is 2. The largest absolute Gasteiger partial charge is 0.616 e. The second-order valence-electron chi connectivity index (χ2n) is 8.18. The maximum absolute atomic E-state index is 13.1. The van der Waals surface area contributed by atoms with Crippen LogP contribution in [0.25, 0.3) is 0 Å². The van der Waals surface area contributed by atoms with Gasteiger partial charge in [-0.1, -0.05) is 22.4 Å². The summed E-state index contributed by atoms with van der Waals surface area (Å²) in [6, 6.07) is 5.38. The number of carbonyl (C=O) groups excluding carboxylic acids is 2. The van der Waals surface area contributed by atoms with Crippen LogP contribution < -0.4 is 10.1 Å². The molecule has 0 spiro atoms. The molecule has 1 heterocycles. The third-order valence-electron chi connectivity index (χ3n) is 5.36. The molecule has 160 valence electrons. The lowest BCUT2D eigenvalue weighted by Crippen LogP contribution is -2.52. The average Bonchev–Trinajstić information content (AvgIpc) is 3.64. The van der Waals surface area contributed by atoms with Crippen LogP contribution in [0.5, 0.6) is 5.75 Å². The first-order chi connectivity index (χ1) is 14.4. The Bertz CT molecular complexity index is 938. The number of nitrogens with one attached hydrogen (secondary N) is 1. The molecule has 4 rings (SSSR count). The third kappa shape index (κ3) is 4.67. The maximum atomic E-state index is 13.1. The summed E-state index contributed by atoms with van der Waals surface area (Å²) in [6.45, 7) is 2.23. The number of ether oxygens (including phenoxy) is 1. The Labute approximate surface area is 177 Å². The van der Waals surface area contributed by atoms with Crippen LogP contribution in [0.1, 0.15) is 59.2 Å². The number of carbonyl (C=O) groups is 2. The van der Waals surface area contributed by atoms with E-state index in [-0.39, 0.29) is 17.5 Å². The van der Waals surface area contributed by atoms with Crippen molar-refractivity contribution in [3.05, 3.63) is 41.0 Å². The standard InChI is InChI=1S/C21H25N3O5S/c1-13-22-20(24-29-13)21(11-25,12-30(2)27)23-19(26)16-7-8-17(15-5-6-15)18(9-16)28-10-14-3-4-14/h7-9,11,14-15H,3-6,10,12H2,1-2H3,(H,23,26)/t21-,30?/m1/s1. The van der Waals surface area contributed by atoms with E-state index in [4.69, 9.17) is 9.26 Å². The first-order valence-electron chi connectivity index (χ1n) is 10.1. The van der Waals surface area contributed by atoms with E-state index in [1.54, 1.807) is 19.1 Å². The quantitative estimate of drug-likeness (QED) is 0.453. The molecule has 1 aromatic heterocycles. The highest BCUT2D eigenvalue weighted by Gasteiger charge is 2.43. The fourth-order valence-electron chi connectivity index (χ4n) is 3.37. The number of aldehydes is 1. The lowest BCUT2D eigenvalue weighted by Gasteiger charge is -2.25. The molecule has 1 amide bonds. The predicted molar refractivity (Wildman–Crippen MR) is 110 cm³/mol. The molecular formula is C21H25N3O5S. The second kappa shape index (κ2) is 8.39. The highest BCUT2D eigenvalue weighted by atomic mass is 32.2. The smallest absolute Gasteiger partial charge is 0.252 e. The van der Waals surface area contributed by atoms with E-state index >= 15 is 0 Å². The lowest BCUT2D eigenvalue weighted by atomic mass is 10.0. The van der Waals surface area contributed by atoms with Gasteiger partial charge in [0.25, 0.3) is 5.91 Å². The van der Waals surface area contributed by atoms with Crippen LogP contribution in [0.15, 0.2) is 22.7 Å². The normalized spacial score (nSPS) is 19.0. The molecule has 0 aliphatic heterocycles. The van der Waals surface area contributed by atoms with Gasteiger partial charge in [0.05, 0.1) is 12.9 Å². The van der Waals surface area contributed by atoms with Gasteiger partial charge in [0, 0.05) is 12.5 Å². The fraction of sp³-hybridized carbons (Fsp3) is 0.524. The van der Waals surface area contributed by atoms with Gasteiger partial charge in [0.1, 0.15) is 11.5 Å². The van der Waals surface area contributed by atoms with Crippen molar-refractivity contribution in [2.24, 2.45) is 5.92 Å². The van der Waals surface area contributed by atoms with Crippen LogP contribution in [0.2, 0.25) is 0 Å². The summed E-state index contributed by atoms with van der Waals surface area (Å²) in [4.78, 5) is 29.2. The van der Waals surface area contributed by atoms with E-state index in [0.717, 1.165) is 24.2 Å². The van der Waals surface area contributed by atoms with E-state index in [1.165, 1.54) is 19.1 Å². The van der Waals surface area contributed by atoms with Gasteiger partial charge in [-0.15, -0.1) is 0 Å². The van der Waals surface area contributed by atoms with Crippen molar-refractivity contribution >= 4 is 23.4 Å². The zero-order valence-electron chi connectivity index (χ0n) is 17.1. The number of nitrogens with zero attached hydrogens (tertiary/aromatic N) is 2. The molecule has 8 nitrogen and oxygen atoms in total. The summed E-state index contributed by atoms with van der Waals surface area (Å²) in [5.74, 6) is 1.38. The van der Waals surface area contributed by atoms with E-state index in [1.807, 2.05) is 6.07 Å². The van der Waals surface area contributed by atoms with Crippen molar-refractivity contribution in [3.8, 4) is 5.75 Å². The van der Waals surface area contributed by atoms with Crippen molar-refractivity contribution in [2.75, 3.05) is 18.6 Å². The molecule has 2 aliphatic rings. The van der Waals surface area contributed by atoms with E-state index < -0.39 is 22.6 Å². The molecule has 2 fully saturated rings. The van der Waals surface area contributed by atoms with Crippen molar-refractivity contribution in [3.63, 3.8) is 0 Å². The molecule has 2 aromatic rings. The number of rotatable bonds is 10. The molecule has 1 N–H and O–H groups in total. The summed E-state index contributed by atoms with van der Waals surface area (Å²) in [7, 11) is 0. The maximum Gasteiger partial charge on any atom is 0.252 e. The van der Waals surface area contributed by atoms with Gasteiger partial charge >= 0.3 is 0 Å². The molecule has 0 radical (unpaired) electrons. The van der Waals surface area contributed by atoms with Gasteiger partial charge in [-0.2, -0.15) is 4.98 Å². The monoisotopic (exact) mass is 431 g/mol. The fourth-order valence-corrected chi connectivity index (χ4v) is 4.28. The van der Waals surface area contributed by atoms with Gasteiger partial charge in [-0.25, -0.2) is 0 Å². The Balaban J connectivity index is 1.59. The first-order valence-corrected chi connectivity index (χ1v) is 11.8. The van der Waals surface area contributed by atoms with Gasteiger partial charge in [0.2, 0.25) is 17.3 Å². The summed E-state index contributed by atoms with van der Waals surface area (Å²) >= 11 is -1.40. The second-order valence-corrected chi connectivity index (χ2v) is 9.61. The minimum absolute atomic E-state index is 0.0154. The zero-order valence-corrected chi connectivity index (χ0v) is 17.9. The molecule has 2 aliphatic carbocycles. The Hall–Kier alpha value is -2.39. The number of hydrogen-bond acceptors (Lipinski definition) is 7. The Morgan fingerprint density at radius 2 is 2.17 bits per heavy atom. The van der Waals surface area contributed by atoms with Crippen molar-refractivity contribution in [2.45, 2.75) is 44.1 Å². The van der Waals surface area contributed by atoms with Crippen LogP contribution >= 0.6 is 0 Å². The van der Waals surface area contributed by atoms with E-state index in [2.05, 4.69) is 15.5 Å². The lowest BCUT2D eigenvalue weighted by molar-refractivity contribution is -0.113. The molecule has 2 saturated carbocycles. The molecule has 2 atom stereocenters. The predicted octanol–water partition coefficient (Wildman–Crippen LogP) is 2.25. The summed E-state index contributed by atoms with van der Waals surface area (Å²) in [5, 5.41) is 6.47. The van der Waals surface area contributed by atoms with Crippen molar-refractivity contribution in [1.82, 2.24) is 15.5 Å². The van der Waals surface area contributed by atoms with Crippen LogP contribution in [-0.2, 0) is 21.5 Å². The third-order valence-corrected chi connectivity index (χ3v) is 6.22. The topological polar surface area (TPSA) is 117 Å². The van der Waals surface area contributed by atoms with Crippen LogP contribution in [0.3, 0.4) is 0 Å². The van der Waals surface area contributed by atoms with Gasteiger partial charge < -0.3 is 19.1 Å². The molecular weight excluding hydrogens is 406 g/mol. The SMILES string of the molecule is Cc1nc([C@@](C=O)(C[S+](C)[O-])NC(=O)c2ccc(C3CC3)c(OCC3CC3)c2)no1. The molecule has 30 heavy (non-hydrogen) atoms. The highest BCUT2D eigenvalue weighted by molar-refractivity contribution is 7.90. The zero-order chi connectivity index (χ0) is 21.3. The minimum atomic E-state index is -1.64. The first kappa shape index (κ1) is 20.9. The van der Waals surface area contributed by atoms with Crippen LogP contribution in [-0.4, -0.2) is 45.5 Å². The van der Waals surface area contributed by atoms with Crippen molar-refractivity contribution in [1.29, 1.82) is 0 Å². The number of hydrogen-bond donors (Lipinski definition) is 1. The molecule has 0 bridgehead atoms. The number of aryl methyl sites for hydroxylation is 1. The average molecular weight is 432 g/mol. The van der Waals surface area contributed by atoms with Crippen LogP contribution in [0.4, 0.5) is 0 Å². The van der Waals surface area contributed by atoms with E-state index in [9.17, 15) is 14.1 Å². The molecule has 1 unspecified atom stereocenters. The Morgan fingerprint density at radius 1 is 1.40 bits per heavy atom. The summed E-state index contributed by atoms with van der Waals surface area (Å²) in [5.41, 5.74) is -0.158. The molecule has 0 saturated heterocycles. The van der Waals surface area contributed by atoms with Crippen LogP contribution in [0, 0.1) is 12.8 Å². The number of amides is 1. The molecule has 9 heteroatoms. The summed E-state index contributed by atoms with van der Waals surface area (Å²) in [6.07, 6.45) is 6.57. The Kier molecular flexibility index (Phi) is 5.84. The molecule has 1 aromatic carbocycles. The van der Waals surface area contributed by atoms with E-state index in [0.29, 0.717) is 30.3 Å². The highest BCUT2D eigenvalue weighted by Crippen LogP contribution is 2.45. The minimum Gasteiger partial charge on any atom is -0.616 e. The van der Waals surface area contributed by atoms with Gasteiger partial charge in [-0.3, -0.25) is 9.59 Å². The van der Waals surface area contributed by atoms with Gasteiger partial charge in [0.15, 0.2) is 6.29 Å². The van der Waals surface area contributed by atoms with Crippen molar-refractivity contribution < 1.29 is 23.4 Å². The van der Waals surface area contributed by atoms with Gasteiger partial charge in [-0.05, 0) is 55.2 Å². The number of benzene rings is 1.